The Morgan fingerprint density at radius 1 is 0.419 bits per heavy atom. The van der Waals surface area contributed by atoms with Crippen LogP contribution >= 0.6 is 0 Å². The molecule has 43 heavy (non-hydrogen) atoms. The van der Waals surface area contributed by atoms with Crippen LogP contribution in [0.5, 0.6) is 0 Å². The molecule has 0 aliphatic heterocycles. The van der Waals surface area contributed by atoms with Crippen LogP contribution in [0.4, 0.5) is 0 Å². The van der Waals surface area contributed by atoms with Gasteiger partial charge in [-0.3, -0.25) is 0 Å². The van der Waals surface area contributed by atoms with Crippen molar-refractivity contribution in [3.8, 4) is 0 Å². The van der Waals surface area contributed by atoms with Gasteiger partial charge in [0.25, 0.3) is 20.8 Å². The minimum atomic E-state index is -4.58. The number of hydrogen-bond acceptors (Lipinski definition) is 8. The molecule has 0 saturated carbocycles. The second-order valence-corrected chi connectivity index (χ2v) is 13.1. The van der Waals surface area contributed by atoms with E-state index in [-0.39, 0.29) is 23.1 Å². The van der Waals surface area contributed by atoms with E-state index in [0.717, 1.165) is 51.0 Å². The molecule has 252 valence electrons. The molecule has 0 heterocycles. The zero-order valence-electron chi connectivity index (χ0n) is 27.5. The number of allylic oxidation sites excluding steroid dienone is 2. The van der Waals surface area contributed by atoms with E-state index in [4.69, 9.17) is 0 Å². The number of rotatable bonds is 30. The van der Waals surface area contributed by atoms with Crippen LogP contribution in [-0.4, -0.2) is 49.0 Å². The van der Waals surface area contributed by atoms with Crippen LogP contribution in [0.1, 0.15) is 181 Å². The molecule has 0 atom stereocenters. The van der Waals surface area contributed by atoms with E-state index >= 15 is 0 Å². The summed E-state index contributed by atoms with van der Waals surface area (Å²) in [4.78, 5) is 0. The average molecular weight is 663 g/mol. The second-order valence-electron chi connectivity index (χ2n) is 11.1. The Morgan fingerprint density at radius 3 is 0.837 bits per heavy atom. The molecule has 0 N–H and O–H groups in total. The monoisotopic (exact) mass is 662 g/mol. The van der Waals surface area contributed by atoms with E-state index in [2.05, 4.69) is 22.2 Å². The second kappa shape index (κ2) is 36.1. The fourth-order valence-electron chi connectivity index (χ4n) is 4.56. The van der Waals surface area contributed by atoms with E-state index in [1.54, 1.807) is 12.2 Å². The molecule has 0 fully saturated rings. The van der Waals surface area contributed by atoms with Crippen LogP contribution in [0.3, 0.4) is 0 Å². The Hall–Kier alpha value is -0.334. The zero-order chi connectivity index (χ0) is 31.6. The first kappa shape index (κ1) is 47.1. The van der Waals surface area contributed by atoms with Gasteiger partial charge in [0.2, 0.25) is 0 Å². The summed E-state index contributed by atoms with van der Waals surface area (Å²) in [5.74, 6) is 0. The predicted molar refractivity (Wildman–Crippen MR) is 177 cm³/mol. The molecule has 0 rings (SSSR count). The van der Waals surface area contributed by atoms with Gasteiger partial charge in [-0.2, -0.15) is 0 Å². The van der Waals surface area contributed by atoms with Gasteiger partial charge in [0.1, 0.15) is 12.5 Å². The maximum Gasteiger partial charge on any atom is 2.00 e. The molecule has 11 heteroatoms. The first-order valence-corrected chi connectivity index (χ1v) is 19.4. The normalized spacial score (nSPS) is 11.8. The van der Waals surface area contributed by atoms with Gasteiger partial charge in [-0.15, -0.1) is 0 Å². The van der Waals surface area contributed by atoms with Crippen molar-refractivity contribution in [3.63, 3.8) is 0 Å². The van der Waals surface area contributed by atoms with Crippen LogP contribution in [0.25, 0.3) is 0 Å². The van der Waals surface area contributed by atoms with Gasteiger partial charge in [-0.25, -0.2) is 16.8 Å². The number of hydrogen-bond donors (Lipinski definition) is 0. The first-order valence-electron chi connectivity index (χ1n) is 16.7. The summed E-state index contributed by atoms with van der Waals surface area (Å²) in [6.45, 7) is 4.49. The quantitative estimate of drug-likeness (QED) is 0.0244. The van der Waals surface area contributed by atoms with Gasteiger partial charge >= 0.3 is 23.1 Å². The predicted octanol–water partition coefficient (Wildman–Crippen LogP) is 9.76. The molecule has 8 nitrogen and oxygen atoms in total. The molecular weight excluding hydrogens is 601 g/mol. The molecule has 0 saturated heterocycles. The van der Waals surface area contributed by atoms with E-state index in [9.17, 15) is 25.9 Å². The van der Waals surface area contributed by atoms with Gasteiger partial charge in [0.05, 0.1) is 0 Å². The summed E-state index contributed by atoms with van der Waals surface area (Å²) >= 11 is 0. The largest absolute Gasteiger partial charge is 2.00 e. The van der Waals surface area contributed by atoms with E-state index in [1.807, 2.05) is 0 Å². The van der Waals surface area contributed by atoms with Crippen molar-refractivity contribution < 1.29 is 34.3 Å². The van der Waals surface area contributed by atoms with E-state index < -0.39 is 20.8 Å². The van der Waals surface area contributed by atoms with Gasteiger partial charge in [-0.05, 0) is 37.8 Å². The molecule has 0 radical (unpaired) electrons. The molecule has 0 unspecified atom stereocenters. The fourth-order valence-corrected chi connectivity index (χ4v) is 4.99. The smallest absolute Gasteiger partial charge is 0.716 e. The van der Waals surface area contributed by atoms with Crippen molar-refractivity contribution in [2.75, 3.05) is 0 Å². The molecule has 0 aromatic carbocycles. The van der Waals surface area contributed by atoms with Crippen molar-refractivity contribution in [2.45, 2.75) is 181 Å². The molecule has 0 aromatic heterocycles. The zero-order valence-corrected chi connectivity index (χ0v) is 30.5. The van der Waals surface area contributed by atoms with Crippen molar-refractivity contribution in [3.05, 3.63) is 24.7 Å². The van der Waals surface area contributed by atoms with E-state index in [1.165, 1.54) is 128 Å². The van der Waals surface area contributed by atoms with Crippen LogP contribution in [0, 0.1) is 0 Å². The standard InChI is InChI=1S/2C16H32O4S.Mg/c2*1-2-3-4-5-6-7-8-9-10-11-12-13-14-15-16-20-21(17,18)19;/h2*15-16H,2-14H2,1H3,(H,17,18,19);/q;;+2/p-2/b2*16-15+;. The molecule has 0 bridgehead atoms. The van der Waals surface area contributed by atoms with Crippen molar-refractivity contribution >= 4 is 43.9 Å². The third kappa shape index (κ3) is 51.5. The summed E-state index contributed by atoms with van der Waals surface area (Å²) < 4.78 is 68.8. The number of unbranched alkanes of at least 4 members (excludes halogenated alkanes) is 24. The van der Waals surface area contributed by atoms with Gasteiger partial charge in [0, 0.05) is 0 Å². The fraction of sp³-hybridized carbons (Fsp3) is 0.875. The van der Waals surface area contributed by atoms with Crippen molar-refractivity contribution in [1.29, 1.82) is 0 Å². The summed E-state index contributed by atoms with van der Waals surface area (Å²) in [5.41, 5.74) is 0. The maximum absolute atomic E-state index is 10.1. The maximum atomic E-state index is 10.1. The summed E-state index contributed by atoms with van der Waals surface area (Å²) in [5, 5.41) is 0. The molecule has 0 amide bonds. The van der Waals surface area contributed by atoms with Crippen LogP contribution in [-0.2, 0) is 29.2 Å². The Kier molecular flexibility index (Phi) is 39.6. The topological polar surface area (TPSA) is 133 Å². The Labute approximate surface area is 282 Å². The Bertz CT molecular complexity index is 747. The van der Waals surface area contributed by atoms with E-state index in [0.29, 0.717) is 0 Å². The molecule has 0 aliphatic carbocycles. The Balaban J connectivity index is -0.000000727. The summed E-state index contributed by atoms with van der Waals surface area (Å²) in [6.07, 6.45) is 37.7. The molecule has 0 aromatic rings. The Morgan fingerprint density at radius 2 is 0.628 bits per heavy atom. The average Bonchev–Trinajstić information content (AvgIpc) is 2.92. The third-order valence-corrected chi connectivity index (χ3v) is 7.68. The van der Waals surface area contributed by atoms with Crippen molar-refractivity contribution in [2.24, 2.45) is 0 Å². The van der Waals surface area contributed by atoms with Gasteiger partial charge in [-0.1, -0.05) is 155 Å². The first-order chi connectivity index (χ1) is 20.1. The van der Waals surface area contributed by atoms with Crippen molar-refractivity contribution in [1.82, 2.24) is 0 Å². The minimum absolute atomic E-state index is 0. The summed E-state index contributed by atoms with van der Waals surface area (Å²) in [6, 6.07) is 0. The summed E-state index contributed by atoms with van der Waals surface area (Å²) in [7, 11) is -9.16. The van der Waals surface area contributed by atoms with Crippen LogP contribution in [0.2, 0.25) is 0 Å². The van der Waals surface area contributed by atoms with Crippen LogP contribution in [0.15, 0.2) is 24.7 Å². The SMILES string of the molecule is CCCCCCCCCCCCCC/C=C/OS(=O)(=O)[O-].CCCCCCCCCCCCCC/C=C/OS(=O)(=O)[O-].[Mg+2]. The molecule has 0 aliphatic rings. The molecular formula is C32H62MgO8S2. The molecule has 0 spiro atoms. The van der Waals surface area contributed by atoms with Gasteiger partial charge in [0.15, 0.2) is 0 Å². The van der Waals surface area contributed by atoms with Gasteiger partial charge < -0.3 is 17.5 Å². The van der Waals surface area contributed by atoms with Crippen LogP contribution < -0.4 is 0 Å². The third-order valence-electron chi connectivity index (χ3n) is 6.99. The minimum Gasteiger partial charge on any atom is -0.716 e.